The first kappa shape index (κ1) is 23.0. The number of ether oxygens (including phenoxy) is 3. The van der Waals surface area contributed by atoms with Gasteiger partial charge in [0.2, 0.25) is 12.7 Å². The Labute approximate surface area is 173 Å². The molecule has 1 aliphatic rings. The van der Waals surface area contributed by atoms with Gasteiger partial charge in [-0.2, -0.15) is 8.78 Å². The predicted molar refractivity (Wildman–Crippen MR) is 106 cm³/mol. The smallest absolute Gasteiger partial charge is 0.387 e. The number of amides is 1. The fourth-order valence-electron chi connectivity index (χ4n) is 2.22. The first-order chi connectivity index (χ1) is 12.5. The zero-order valence-corrected chi connectivity index (χ0v) is 17.3. The molecule has 11 heteroatoms. The lowest BCUT2D eigenvalue weighted by atomic mass is 10.1. The van der Waals surface area contributed by atoms with Gasteiger partial charge in [0.15, 0.2) is 17.5 Å². The van der Waals surface area contributed by atoms with Crippen LogP contribution in [0.15, 0.2) is 17.1 Å². The van der Waals surface area contributed by atoms with E-state index in [1.165, 1.54) is 13.0 Å². The molecule has 1 aliphatic heterocycles. The molecule has 1 aromatic carbocycles. The summed E-state index contributed by atoms with van der Waals surface area (Å²) in [6, 6.07) is 2.95. The summed E-state index contributed by atoms with van der Waals surface area (Å²) in [4.78, 5) is 15.2. The summed E-state index contributed by atoms with van der Waals surface area (Å²) in [5, 5.41) is 8.73. The van der Waals surface area contributed by atoms with E-state index in [4.69, 9.17) is 9.47 Å². The minimum atomic E-state index is -2.96. The van der Waals surface area contributed by atoms with Crippen LogP contribution in [0.5, 0.6) is 17.2 Å². The fourth-order valence-corrected chi connectivity index (χ4v) is 2.22. The highest BCUT2D eigenvalue weighted by Crippen LogP contribution is 2.38. The number of benzene rings is 1. The van der Waals surface area contributed by atoms with Crippen molar-refractivity contribution in [3.63, 3.8) is 0 Å². The van der Waals surface area contributed by atoms with Gasteiger partial charge in [-0.1, -0.05) is 0 Å². The van der Waals surface area contributed by atoms with Gasteiger partial charge in [-0.25, -0.2) is 4.99 Å². The Kier molecular flexibility index (Phi) is 9.89. The highest BCUT2D eigenvalue weighted by molar-refractivity contribution is 14.0. The zero-order valence-electron chi connectivity index (χ0n) is 15.0. The molecule has 0 radical (unpaired) electrons. The highest BCUT2D eigenvalue weighted by atomic mass is 127. The van der Waals surface area contributed by atoms with Crippen molar-refractivity contribution in [3.05, 3.63) is 17.7 Å². The van der Waals surface area contributed by atoms with Gasteiger partial charge >= 0.3 is 6.61 Å². The Hall–Kier alpha value is -2.05. The number of aliphatic imine (C=N–C) groups is 1. The first-order valence-corrected chi connectivity index (χ1v) is 8.13. The monoisotopic (exact) mass is 500 g/mol. The van der Waals surface area contributed by atoms with Crippen LogP contribution >= 0.6 is 24.0 Å². The maximum Gasteiger partial charge on any atom is 0.387 e. The molecule has 3 N–H and O–H groups in total. The fraction of sp³-hybridized carbons (Fsp3) is 0.500. The Morgan fingerprint density at radius 2 is 1.89 bits per heavy atom. The molecule has 2 rings (SSSR count). The van der Waals surface area contributed by atoms with Crippen LogP contribution in [-0.4, -0.2) is 44.9 Å². The molecule has 0 atom stereocenters. The molecule has 0 aromatic heterocycles. The number of rotatable bonds is 8. The predicted octanol–water partition coefficient (Wildman–Crippen LogP) is 1.83. The molecule has 0 spiro atoms. The van der Waals surface area contributed by atoms with Crippen LogP contribution in [0.3, 0.4) is 0 Å². The van der Waals surface area contributed by atoms with Gasteiger partial charge in [0.05, 0.1) is 6.54 Å². The largest absolute Gasteiger partial charge is 0.454 e. The number of carbonyl (C=O) groups is 1. The second kappa shape index (κ2) is 11.6. The van der Waals surface area contributed by atoms with Crippen LogP contribution in [0.2, 0.25) is 0 Å². The van der Waals surface area contributed by atoms with Crippen molar-refractivity contribution >= 4 is 35.8 Å². The summed E-state index contributed by atoms with van der Waals surface area (Å²) in [5.41, 5.74) is 0.439. The van der Waals surface area contributed by atoms with Gasteiger partial charge in [0, 0.05) is 38.2 Å². The number of carbonyl (C=O) groups excluding carboxylic acids is 1. The third-order valence-corrected chi connectivity index (χ3v) is 3.31. The van der Waals surface area contributed by atoms with Crippen molar-refractivity contribution in [3.8, 4) is 17.2 Å². The lowest BCUT2D eigenvalue weighted by Crippen LogP contribution is -2.41. The molecule has 1 aromatic rings. The quantitative estimate of drug-likeness (QED) is 0.218. The van der Waals surface area contributed by atoms with Crippen LogP contribution in [0.25, 0.3) is 0 Å². The minimum absolute atomic E-state index is 0. The van der Waals surface area contributed by atoms with E-state index < -0.39 is 6.61 Å². The Balaban J connectivity index is 0.00000364. The molecule has 0 saturated heterocycles. The molecule has 0 aliphatic carbocycles. The van der Waals surface area contributed by atoms with Gasteiger partial charge in [0.1, 0.15) is 5.75 Å². The molecule has 152 valence electrons. The topological polar surface area (TPSA) is 93.2 Å². The number of nitrogens with zero attached hydrogens (tertiary/aromatic N) is 1. The SMILES string of the molecule is CCNC(=NCc1cc2c(cc1OC(F)F)OCO2)NCCNC(C)=O.I. The van der Waals surface area contributed by atoms with Crippen molar-refractivity contribution < 1.29 is 27.8 Å². The number of hydrogen-bond acceptors (Lipinski definition) is 5. The number of alkyl halides is 2. The average Bonchev–Trinajstić information content (AvgIpc) is 3.02. The Bertz CT molecular complexity index is 662. The minimum Gasteiger partial charge on any atom is -0.454 e. The lowest BCUT2D eigenvalue weighted by Gasteiger charge is -2.13. The van der Waals surface area contributed by atoms with Crippen molar-refractivity contribution in [1.29, 1.82) is 0 Å². The second-order valence-corrected chi connectivity index (χ2v) is 5.30. The Morgan fingerprint density at radius 3 is 2.52 bits per heavy atom. The van der Waals surface area contributed by atoms with Crippen LogP contribution in [-0.2, 0) is 11.3 Å². The van der Waals surface area contributed by atoms with Crippen LogP contribution in [0.1, 0.15) is 19.4 Å². The maximum atomic E-state index is 12.7. The van der Waals surface area contributed by atoms with Crippen molar-refractivity contribution in [2.75, 3.05) is 26.4 Å². The summed E-state index contributed by atoms with van der Waals surface area (Å²) in [7, 11) is 0. The first-order valence-electron chi connectivity index (χ1n) is 8.13. The molecule has 0 fully saturated rings. The number of guanidine groups is 1. The molecule has 0 unspecified atom stereocenters. The summed E-state index contributed by atoms with van der Waals surface area (Å²) in [6.45, 7) is 2.02. The van der Waals surface area contributed by atoms with E-state index in [1.54, 1.807) is 6.07 Å². The summed E-state index contributed by atoms with van der Waals surface area (Å²) < 4.78 is 40.3. The van der Waals surface area contributed by atoms with E-state index in [9.17, 15) is 13.6 Å². The van der Waals surface area contributed by atoms with Gasteiger partial charge in [-0.15, -0.1) is 24.0 Å². The van der Waals surface area contributed by atoms with Crippen LogP contribution < -0.4 is 30.2 Å². The van der Waals surface area contributed by atoms with E-state index in [-0.39, 0.29) is 49.0 Å². The van der Waals surface area contributed by atoms with E-state index in [0.29, 0.717) is 42.7 Å². The summed E-state index contributed by atoms with van der Waals surface area (Å²) in [5.74, 6) is 1.16. The van der Waals surface area contributed by atoms with Gasteiger partial charge < -0.3 is 30.2 Å². The van der Waals surface area contributed by atoms with Gasteiger partial charge in [0.25, 0.3) is 0 Å². The molecular weight excluding hydrogens is 477 g/mol. The third-order valence-electron chi connectivity index (χ3n) is 3.31. The molecule has 8 nitrogen and oxygen atoms in total. The number of fused-ring (bicyclic) bond motifs is 1. The summed E-state index contributed by atoms with van der Waals surface area (Å²) >= 11 is 0. The number of hydrogen-bond donors (Lipinski definition) is 3. The normalized spacial score (nSPS) is 12.4. The number of nitrogens with one attached hydrogen (secondary N) is 3. The molecule has 27 heavy (non-hydrogen) atoms. The Morgan fingerprint density at radius 1 is 1.22 bits per heavy atom. The second-order valence-electron chi connectivity index (χ2n) is 5.30. The molecular formula is C16H23F2IN4O4. The average molecular weight is 500 g/mol. The van der Waals surface area contributed by atoms with Crippen molar-refractivity contribution in [1.82, 2.24) is 16.0 Å². The van der Waals surface area contributed by atoms with Gasteiger partial charge in [-0.05, 0) is 13.0 Å². The van der Waals surface area contributed by atoms with Gasteiger partial charge in [-0.3, -0.25) is 4.79 Å². The van der Waals surface area contributed by atoms with E-state index in [0.717, 1.165) is 0 Å². The molecule has 0 bridgehead atoms. The summed E-state index contributed by atoms with van der Waals surface area (Å²) in [6.07, 6.45) is 0. The molecule has 1 amide bonds. The van der Waals surface area contributed by atoms with E-state index in [2.05, 4.69) is 25.7 Å². The molecule has 0 saturated carbocycles. The molecule has 1 heterocycles. The number of halogens is 3. The van der Waals surface area contributed by atoms with E-state index in [1.807, 2.05) is 6.92 Å². The van der Waals surface area contributed by atoms with Crippen LogP contribution in [0.4, 0.5) is 8.78 Å². The zero-order chi connectivity index (χ0) is 18.9. The lowest BCUT2D eigenvalue weighted by molar-refractivity contribution is -0.118. The van der Waals surface area contributed by atoms with Crippen molar-refractivity contribution in [2.24, 2.45) is 4.99 Å². The van der Waals surface area contributed by atoms with Crippen molar-refractivity contribution in [2.45, 2.75) is 27.0 Å². The highest BCUT2D eigenvalue weighted by Gasteiger charge is 2.20. The third kappa shape index (κ3) is 7.61. The van der Waals surface area contributed by atoms with E-state index >= 15 is 0 Å². The maximum absolute atomic E-state index is 12.7. The van der Waals surface area contributed by atoms with Crippen LogP contribution in [0, 0.1) is 0 Å². The standard InChI is InChI=1S/C16H22F2N4O4.HI/c1-3-19-16(21-5-4-20-10(2)23)22-8-11-6-13-14(25-9-24-13)7-12(11)26-15(17)18;/h6-7,15H,3-5,8-9H2,1-2H3,(H,20,23)(H2,19,21,22);1H.